The second-order valence-electron chi connectivity index (χ2n) is 6.64. The monoisotopic (exact) mass is 424 g/mol. The fraction of sp³-hybridized carbons (Fsp3) is 0.190. The molecular weight excluding hydrogens is 404 g/mol. The number of nitrogens with zero attached hydrogens (tertiary/aromatic N) is 1. The molecule has 0 spiro atoms. The first kappa shape index (κ1) is 19.5. The SMILES string of the molecule is CCNC(=S)Nc1ccc(SC2CC(=O)N(c3ccc4cc[nH]c4c3)C2=O)cc1. The lowest BCUT2D eigenvalue weighted by Crippen LogP contribution is -2.31. The van der Waals surface area contributed by atoms with E-state index in [4.69, 9.17) is 12.2 Å². The summed E-state index contributed by atoms with van der Waals surface area (Å²) in [4.78, 5) is 30.8. The van der Waals surface area contributed by atoms with Gasteiger partial charge in [-0.25, -0.2) is 4.90 Å². The van der Waals surface area contributed by atoms with Gasteiger partial charge in [0.15, 0.2) is 5.11 Å². The smallest absolute Gasteiger partial charge is 0.247 e. The van der Waals surface area contributed by atoms with Crippen molar-refractivity contribution in [1.82, 2.24) is 10.3 Å². The van der Waals surface area contributed by atoms with Crippen molar-refractivity contribution in [3.63, 3.8) is 0 Å². The molecule has 1 aliphatic heterocycles. The van der Waals surface area contributed by atoms with E-state index in [2.05, 4.69) is 15.6 Å². The Morgan fingerprint density at radius 1 is 1.21 bits per heavy atom. The highest BCUT2D eigenvalue weighted by atomic mass is 32.2. The van der Waals surface area contributed by atoms with Crippen LogP contribution in [-0.2, 0) is 9.59 Å². The molecule has 1 saturated heterocycles. The van der Waals surface area contributed by atoms with E-state index in [0.29, 0.717) is 10.8 Å². The number of thiocarbonyl (C=S) groups is 1. The Balaban J connectivity index is 1.45. The maximum atomic E-state index is 12.9. The Bertz CT molecular complexity index is 1080. The first-order valence-corrected chi connectivity index (χ1v) is 10.6. The lowest BCUT2D eigenvalue weighted by atomic mass is 10.2. The third-order valence-corrected chi connectivity index (χ3v) is 6.07. The van der Waals surface area contributed by atoms with E-state index in [0.717, 1.165) is 28.0 Å². The van der Waals surface area contributed by atoms with Gasteiger partial charge >= 0.3 is 0 Å². The molecule has 4 rings (SSSR count). The third-order valence-electron chi connectivity index (χ3n) is 4.63. The zero-order chi connectivity index (χ0) is 20.4. The number of thioether (sulfide) groups is 1. The summed E-state index contributed by atoms with van der Waals surface area (Å²) in [5.74, 6) is -0.353. The van der Waals surface area contributed by atoms with E-state index in [1.54, 1.807) is 0 Å². The Kier molecular flexibility index (Phi) is 5.55. The summed E-state index contributed by atoms with van der Waals surface area (Å²) in [6.07, 6.45) is 2.03. The van der Waals surface area contributed by atoms with Gasteiger partial charge in [0, 0.05) is 35.3 Å². The van der Waals surface area contributed by atoms with Crippen LogP contribution in [0.3, 0.4) is 0 Å². The summed E-state index contributed by atoms with van der Waals surface area (Å²) in [5.41, 5.74) is 2.38. The summed E-state index contributed by atoms with van der Waals surface area (Å²) in [6.45, 7) is 2.73. The van der Waals surface area contributed by atoms with E-state index in [1.165, 1.54) is 16.7 Å². The molecule has 148 valence electrons. The summed E-state index contributed by atoms with van der Waals surface area (Å²) >= 11 is 6.59. The average molecular weight is 425 g/mol. The highest BCUT2D eigenvalue weighted by Gasteiger charge is 2.40. The molecule has 1 aliphatic rings. The molecule has 3 N–H and O–H groups in total. The van der Waals surface area contributed by atoms with Crippen LogP contribution in [0, 0.1) is 0 Å². The lowest BCUT2D eigenvalue weighted by Gasteiger charge is -2.15. The lowest BCUT2D eigenvalue weighted by molar-refractivity contribution is -0.121. The van der Waals surface area contributed by atoms with Gasteiger partial charge in [0.2, 0.25) is 11.8 Å². The predicted molar refractivity (Wildman–Crippen MR) is 121 cm³/mol. The fourth-order valence-corrected chi connectivity index (χ4v) is 4.58. The Morgan fingerprint density at radius 2 is 2.00 bits per heavy atom. The zero-order valence-corrected chi connectivity index (χ0v) is 17.4. The van der Waals surface area contributed by atoms with Crippen LogP contribution in [0.15, 0.2) is 59.6 Å². The van der Waals surface area contributed by atoms with E-state index >= 15 is 0 Å². The maximum absolute atomic E-state index is 12.9. The molecule has 3 aromatic rings. The minimum atomic E-state index is -0.427. The number of carbonyl (C=O) groups is 2. The van der Waals surface area contributed by atoms with E-state index < -0.39 is 5.25 Å². The van der Waals surface area contributed by atoms with Crippen molar-refractivity contribution in [2.45, 2.75) is 23.5 Å². The summed E-state index contributed by atoms with van der Waals surface area (Å²) in [6, 6.07) is 15.2. The largest absolute Gasteiger partial charge is 0.363 e. The molecule has 6 nitrogen and oxygen atoms in total. The van der Waals surface area contributed by atoms with Gasteiger partial charge in [-0.2, -0.15) is 0 Å². The molecule has 0 aliphatic carbocycles. The second-order valence-corrected chi connectivity index (χ2v) is 8.32. The Hall–Kier alpha value is -2.84. The van der Waals surface area contributed by atoms with Gasteiger partial charge in [-0.1, -0.05) is 6.07 Å². The van der Waals surface area contributed by atoms with Crippen molar-refractivity contribution in [2.24, 2.45) is 0 Å². The highest BCUT2D eigenvalue weighted by molar-refractivity contribution is 8.00. The van der Waals surface area contributed by atoms with Crippen molar-refractivity contribution in [2.75, 3.05) is 16.8 Å². The first-order chi connectivity index (χ1) is 14.0. The molecule has 1 fully saturated rings. The van der Waals surface area contributed by atoms with Gasteiger partial charge in [-0.3, -0.25) is 9.59 Å². The average Bonchev–Trinajstić information content (AvgIpc) is 3.27. The van der Waals surface area contributed by atoms with Gasteiger partial charge in [0.05, 0.1) is 10.9 Å². The molecule has 8 heteroatoms. The quantitative estimate of drug-likeness (QED) is 0.426. The molecular formula is C21H20N4O2S2. The topological polar surface area (TPSA) is 77.2 Å². The predicted octanol–water partition coefficient (Wildman–Crippen LogP) is 3.90. The van der Waals surface area contributed by atoms with Crippen molar-refractivity contribution >= 4 is 63.2 Å². The molecule has 29 heavy (non-hydrogen) atoms. The van der Waals surface area contributed by atoms with Gasteiger partial charge in [0.25, 0.3) is 0 Å². The van der Waals surface area contributed by atoms with Gasteiger partial charge in [0.1, 0.15) is 0 Å². The van der Waals surface area contributed by atoms with Crippen LogP contribution in [-0.4, -0.2) is 33.7 Å². The third kappa shape index (κ3) is 4.13. The zero-order valence-electron chi connectivity index (χ0n) is 15.8. The van der Waals surface area contributed by atoms with E-state index in [9.17, 15) is 9.59 Å². The number of rotatable bonds is 5. The van der Waals surface area contributed by atoms with Crippen LogP contribution in [0.25, 0.3) is 10.9 Å². The number of H-pyrrole nitrogens is 1. The number of aromatic amines is 1. The van der Waals surface area contributed by atoms with E-state index in [-0.39, 0.29) is 18.2 Å². The molecule has 2 heterocycles. The van der Waals surface area contributed by atoms with Crippen LogP contribution in [0.4, 0.5) is 11.4 Å². The van der Waals surface area contributed by atoms with Crippen molar-refractivity contribution in [1.29, 1.82) is 0 Å². The number of nitrogens with one attached hydrogen (secondary N) is 3. The van der Waals surface area contributed by atoms with Crippen LogP contribution < -0.4 is 15.5 Å². The van der Waals surface area contributed by atoms with Crippen molar-refractivity contribution < 1.29 is 9.59 Å². The van der Waals surface area contributed by atoms with Gasteiger partial charge in [-0.05, 0) is 67.0 Å². The summed E-state index contributed by atoms with van der Waals surface area (Å²) < 4.78 is 0. The van der Waals surface area contributed by atoms with Gasteiger partial charge < -0.3 is 15.6 Å². The molecule has 1 unspecified atom stereocenters. The molecule has 0 saturated carbocycles. The normalized spacial score (nSPS) is 16.4. The minimum absolute atomic E-state index is 0.173. The first-order valence-electron chi connectivity index (χ1n) is 9.30. The number of amides is 2. The number of carbonyl (C=O) groups excluding carboxylic acids is 2. The summed E-state index contributed by atoms with van der Waals surface area (Å²) in [5, 5.41) is 7.32. The fourth-order valence-electron chi connectivity index (χ4n) is 3.26. The number of fused-ring (bicyclic) bond motifs is 1. The van der Waals surface area contributed by atoms with Crippen LogP contribution in [0.2, 0.25) is 0 Å². The maximum Gasteiger partial charge on any atom is 0.247 e. The Morgan fingerprint density at radius 3 is 2.76 bits per heavy atom. The van der Waals surface area contributed by atoms with E-state index in [1.807, 2.05) is 61.7 Å². The number of hydrogen-bond donors (Lipinski definition) is 3. The molecule has 0 radical (unpaired) electrons. The number of anilines is 2. The second kappa shape index (κ2) is 8.26. The highest BCUT2D eigenvalue weighted by Crippen LogP contribution is 2.35. The molecule has 2 aromatic carbocycles. The standard InChI is InChI=1S/C21H20N4O2S2/c1-2-22-21(28)24-14-4-7-16(8-5-14)29-18-12-19(26)25(20(18)27)15-6-3-13-9-10-23-17(13)11-15/h3-11,18,23H,2,12H2,1H3,(H2,22,24,28). The molecule has 2 amide bonds. The molecule has 0 bridgehead atoms. The Labute approximate surface area is 178 Å². The van der Waals surface area contributed by atoms with Crippen LogP contribution in [0.5, 0.6) is 0 Å². The van der Waals surface area contributed by atoms with Gasteiger partial charge in [-0.15, -0.1) is 11.8 Å². The molecule has 1 atom stereocenters. The van der Waals surface area contributed by atoms with Crippen molar-refractivity contribution in [3.8, 4) is 0 Å². The minimum Gasteiger partial charge on any atom is -0.363 e. The van der Waals surface area contributed by atoms with Crippen molar-refractivity contribution in [3.05, 3.63) is 54.7 Å². The van der Waals surface area contributed by atoms with Crippen LogP contribution in [0.1, 0.15) is 13.3 Å². The number of hydrogen-bond acceptors (Lipinski definition) is 4. The summed E-state index contributed by atoms with van der Waals surface area (Å²) in [7, 11) is 0. The number of aromatic nitrogens is 1. The molecule has 1 aromatic heterocycles. The van der Waals surface area contributed by atoms with Crippen LogP contribution >= 0.6 is 24.0 Å². The number of imide groups is 1. The number of benzene rings is 2.